The van der Waals surface area contributed by atoms with E-state index in [2.05, 4.69) is 31.4 Å². The summed E-state index contributed by atoms with van der Waals surface area (Å²) >= 11 is 0. The van der Waals surface area contributed by atoms with Crippen molar-refractivity contribution in [2.45, 2.75) is 45.7 Å². The molecular formula is C12H23N3O2. The Labute approximate surface area is 103 Å². The van der Waals surface area contributed by atoms with Crippen LogP contribution >= 0.6 is 0 Å². The first kappa shape index (κ1) is 14.1. The number of nitrogens with zero attached hydrogens (tertiary/aromatic N) is 1. The summed E-state index contributed by atoms with van der Waals surface area (Å²) in [5.74, 6) is -0.436. The molecule has 2 amide bonds. The molecule has 0 spiro atoms. The minimum absolute atomic E-state index is 0.0478. The molecule has 5 heteroatoms. The number of amides is 2. The molecule has 0 radical (unpaired) electrons. The Kier molecular flexibility index (Phi) is 3.94. The molecule has 1 aliphatic heterocycles. The molecular weight excluding hydrogens is 218 g/mol. The lowest BCUT2D eigenvalue weighted by Gasteiger charge is -2.40. The summed E-state index contributed by atoms with van der Waals surface area (Å²) in [7, 11) is 0. The standard InChI is InChI=1S/C12H23N3O2/c1-11(2,3)13-6-7-15-8-9(16)14-10(17)12(15,4)5/h13H,6-8H2,1-5H3,(H,14,16,17). The van der Waals surface area contributed by atoms with Gasteiger partial charge in [0, 0.05) is 18.6 Å². The number of rotatable bonds is 3. The van der Waals surface area contributed by atoms with Crippen LogP contribution in [0.2, 0.25) is 0 Å². The van der Waals surface area contributed by atoms with E-state index >= 15 is 0 Å². The molecule has 0 aromatic carbocycles. The molecule has 1 saturated heterocycles. The molecule has 98 valence electrons. The van der Waals surface area contributed by atoms with Crippen molar-refractivity contribution in [1.29, 1.82) is 0 Å². The number of hydrogen-bond acceptors (Lipinski definition) is 4. The highest BCUT2D eigenvalue weighted by Crippen LogP contribution is 2.17. The van der Waals surface area contributed by atoms with Crippen molar-refractivity contribution in [1.82, 2.24) is 15.5 Å². The zero-order valence-corrected chi connectivity index (χ0v) is 11.4. The molecule has 2 N–H and O–H groups in total. The van der Waals surface area contributed by atoms with Gasteiger partial charge < -0.3 is 5.32 Å². The second-order valence-electron chi connectivity index (χ2n) is 6.03. The van der Waals surface area contributed by atoms with Crippen LogP contribution in [0.4, 0.5) is 0 Å². The minimum atomic E-state index is -0.618. The van der Waals surface area contributed by atoms with E-state index in [0.717, 1.165) is 6.54 Å². The van der Waals surface area contributed by atoms with Crippen molar-refractivity contribution in [3.05, 3.63) is 0 Å². The molecule has 0 aromatic rings. The van der Waals surface area contributed by atoms with E-state index in [9.17, 15) is 9.59 Å². The fourth-order valence-corrected chi connectivity index (χ4v) is 1.76. The predicted molar refractivity (Wildman–Crippen MR) is 66.6 cm³/mol. The molecule has 0 atom stereocenters. The Hall–Kier alpha value is -0.940. The fraction of sp³-hybridized carbons (Fsp3) is 0.833. The summed E-state index contributed by atoms with van der Waals surface area (Å²) in [5, 5.41) is 5.72. The highest BCUT2D eigenvalue weighted by atomic mass is 16.2. The van der Waals surface area contributed by atoms with Gasteiger partial charge in [-0.25, -0.2) is 0 Å². The van der Waals surface area contributed by atoms with Crippen LogP contribution < -0.4 is 10.6 Å². The Morgan fingerprint density at radius 2 is 1.94 bits per heavy atom. The van der Waals surface area contributed by atoms with Crippen LogP contribution in [0, 0.1) is 0 Å². The summed E-state index contributed by atoms with van der Waals surface area (Å²) in [5.41, 5.74) is -0.570. The zero-order chi connectivity index (χ0) is 13.3. The van der Waals surface area contributed by atoms with Gasteiger partial charge in [0.25, 0.3) is 0 Å². The van der Waals surface area contributed by atoms with Crippen LogP contribution in [-0.2, 0) is 9.59 Å². The first-order chi connectivity index (χ1) is 7.63. The largest absolute Gasteiger partial charge is 0.311 e. The Balaban J connectivity index is 2.56. The van der Waals surface area contributed by atoms with Crippen molar-refractivity contribution < 1.29 is 9.59 Å². The van der Waals surface area contributed by atoms with E-state index in [-0.39, 0.29) is 23.9 Å². The maximum absolute atomic E-state index is 11.7. The van der Waals surface area contributed by atoms with Crippen molar-refractivity contribution in [2.75, 3.05) is 19.6 Å². The van der Waals surface area contributed by atoms with Crippen molar-refractivity contribution in [3.63, 3.8) is 0 Å². The van der Waals surface area contributed by atoms with E-state index in [0.29, 0.717) is 6.54 Å². The van der Waals surface area contributed by atoms with Gasteiger partial charge in [0.15, 0.2) is 0 Å². The lowest BCUT2D eigenvalue weighted by molar-refractivity contribution is -0.145. The lowest BCUT2D eigenvalue weighted by atomic mass is 9.98. The summed E-state index contributed by atoms with van der Waals surface area (Å²) in [6.45, 7) is 11.7. The van der Waals surface area contributed by atoms with Crippen molar-refractivity contribution in [3.8, 4) is 0 Å². The molecule has 0 bridgehead atoms. The van der Waals surface area contributed by atoms with Gasteiger partial charge in [0.1, 0.15) is 0 Å². The molecule has 0 aliphatic carbocycles. The maximum Gasteiger partial charge on any atom is 0.246 e. The number of carbonyl (C=O) groups excluding carboxylic acids is 2. The van der Waals surface area contributed by atoms with Crippen LogP contribution in [0.25, 0.3) is 0 Å². The monoisotopic (exact) mass is 241 g/mol. The lowest BCUT2D eigenvalue weighted by Crippen LogP contribution is -2.65. The Morgan fingerprint density at radius 1 is 1.35 bits per heavy atom. The van der Waals surface area contributed by atoms with Gasteiger partial charge in [-0.15, -0.1) is 0 Å². The number of nitrogens with one attached hydrogen (secondary N) is 2. The SMILES string of the molecule is CC(C)(C)NCCN1CC(=O)NC(=O)C1(C)C. The first-order valence-electron chi connectivity index (χ1n) is 5.97. The third-order valence-electron chi connectivity index (χ3n) is 2.97. The quantitative estimate of drug-likeness (QED) is 0.689. The average Bonchev–Trinajstić information content (AvgIpc) is 2.12. The number of hydrogen-bond donors (Lipinski definition) is 2. The highest BCUT2D eigenvalue weighted by molar-refractivity contribution is 6.02. The van der Waals surface area contributed by atoms with Crippen LogP contribution in [0.15, 0.2) is 0 Å². The van der Waals surface area contributed by atoms with Gasteiger partial charge in [0.2, 0.25) is 11.8 Å². The maximum atomic E-state index is 11.7. The second-order valence-corrected chi connectivity index (χ2v) is 6.03. The van der Waals surface area contributed by atoms with Crippen LogP contribution in [-0.4, -0.2) is 47.4 Å². The Morgan fingerprint density at radius 3 is 2.47 bits per heavy atom. The summed E-state index contributed by atoms with van der Waals surface area (Å²) in [4.78, 5) is 25.0. The van der Waals surface area contributed by atoms with Gasteiger partial charge in [-0.05, 0) is 34.6 Å². The third kappa shape index (κ3) is 3.78. The highest BCUT2D eigenvalue weighted by Gasteiger charge is 2.40. The third-order valence-corrected chi connectivity index (χ3v) is 2.97. The molecule has 0 unspecified atom stereocenters. The van der Waals surface area contributed by atoms with Gasteiger partial charge >= 0.3 is 0 Å². The number of carbonyl (C=O) groups is 2. The molecule has 1 aliphatic rings. The van der Waals surface area contributed by atoms with Gasteiger partial charge in [-0.1, -0.05) is 0 Å². The predicted octanol–water partition coefficient (Wildman–Crippen LogP) is 0.112. The molecule has 0 saturated carbocycles. The average molecular weight is 241 g/mol. The Bertz CT molecular complexity index is 318. The van der Waals surface area contributed by atoms with Crippen molar-refractivity contribution in [2.24, 2.45) is 0 Å². The first-order valence-corrected chi connectivity index (χ1v) is 5.97. The zero-order valence-electron chi connectivity index (χ0n) is 11.4. The van der Waals surface area contributed by atoms with E-state index in [1.165, 1.54) is 0 Å². The van der Waals surface area contributed by atoms with Gasteiger partial charge in [-0.2, -0.15) is 0 Å². The molecule has 5 nitrogen and oxygen atoms in total. The molecule has 1 heterocycles. The molecule has 0 aromatic heterocycles. The number of piperazine rings is 1. The normalized spacial score (nSPS) is 21.5. The van der Waals surface area contributed by atoms with E-state index in [1.54, 1.807) is 0 Å². The summed E-state index contributed by atoms with van der Waals surface area (Å²) < 4.78 is 0. The van der Waals surface area contributed by atoms with Crippen LogP contribution in [0.3, 0.4) is 0 Å². The van der Waals surface area contributed by atoms with Gasteiger partial charge in [-0.3, -0.25) is 19.8 Å². The fourth-order valence-electron chi connectivity index (χ4n) is 1.76. The smallest absolute Gasteiger partial charge is 0.246 e. The van der Waals surface area contributed by atoms with Crippen LogP contribution in [0.1, 0.15) is 34.6 Å². The molecule has 1 rings (SSSR count). The van der Waals surface area contributed by atoms with Crippen molar-refractivity contribution >= 4 is 11.8 Å². The van der Waals surface area contributed by atoms with E-state index in [1.807, 2.05) is 18.7 Å². The van der Waals surface area contributed by atoms with E-state index < -0.39 is 5.54 Å². The second kappa shape index (κ2) is 4.74. The van der Waals surface area contributed by atoms with E-state index in [4.69, 9.17) is 0 Å². The summed E-state index contributed by atoms with van der Waals surface area (Å²) in [6.07, 6.45) is 0. The summed E-state index contributed by atoms with van der Waals surface area (Å²) in [6, 6.07) is 0. The molecule has 1 fully saturated rings. The van der Waals surface area contributed by atoms with Crippen LogP contribution in [0.5, 0.6) is 0 Å². The topological polar surface area (TPSA) is 61.4 Å². The minimum Gasteiger partial charge on any atom is -0.311 e. The van der Waals surface area contributed by atoms with Gasteiger partial charge in [0.05, 0.1) is 12.1 Å². The molecule has 17 heavy (non-hydrogen) atoms. The number of imide groups is 1.